The van der Waals surface area contributed by atoms with Gasteiger partial charge in [-0.15, -0.1) is 0 Å². The highest BCUT2D eigenvalue weighted by molar-refractivity contribution is 5.98. The van der Waals surface area contributed by atoms with E-state index in [-0.39, 0.29) is 11.9 Å². The van der Waals surface area contributed by atoms with Crippen molar-refractivity contribution in [2.45, 2.75) is 13.0 Å². The number of amides is 1. The molecule has 23 heavy (non-hydrogen) atoms. The van der Waals surface area contributed by atoms with E-state index in [4.69, 9.17) is 4.74 Å². The largest absolute Gasteiger partial charge is 0.377 e. The van der Waals surface area contributed by atoms with E-state index in [0.29, 0.717) is 25.5 Å². The summed E-state index contributed by atoms with van der Waals surface area (Å²) in [6.45, 7) is 3.50. The van der Waals surface area contributed by atoms with Gasteiger partial charge in [0, 0.05) is 29.3 Å². The van der Waals surface area contributed by atoms with Crippen LogP contribution in [0.25, 0.3) is 10.9 Å². The monoisotopic (exact) mass is 310 g/mol. The van der Waals surface area contributed by atoms with Crippen LogP contribution in [0.4, 0.5) is 0 Å². The van der Waals surface area contributed by atoms with Gasteiger partial charge in [-0.2, -0.15) is 0 Å². The molecule has 0 bridgehead atoms. The lowest BCUT2D eigenvalue weighted by Crippen LogP contribution is -2.44. The third-order valence-corrected chi connectivity index (χ3v) is 4.19. The first-order chi connectivity index (χ1) is 11.2. The van der Waals surface area contributed by atoms with E-state index in [1.807, 2.05) is 42.2 Å². The van der Waals surface area contributed by atoms with Crippen molar-refractivity contribution in [1.82, 2.24) is 19.9 Å². The Balaban J connectivity index is 1.67. The number of aromatic amines is 2. The molecule has 6 heteroatoms. The summed E-state index contributed by atoms with van der Waals surface area (Å²) in [4.78, 5) is 25.6. The number of nitrogens with one attached hydrogen (secondary N) is 2. The van der Waals surface area contributed by atoms with Crippen LogP contribution in [-0.4, -0.2) is 45.5 Å². The predicted octanol–water partition coefficient (Wildman–Crippen LogP) is 2.41. The van der Waals surface area contributed by atoms with E-state index in [2.05, 4.69) is 15.0 Å². The lowest BCUT2D eigenvalue weighted by atomic mass is 10.2. The van der Waals surface area contributed by atoms with Crippen LogP contribution in [0.1, 0.15) is 28.0 Å². The molecule has 0 saturated carbocycles. The van der Waals surface area contributed by atoms with Crippen molar-refractivity contribution in [3.05, 3.63) is 53.7 Å². The van der Waals surface area contributed by atoms with Crippen LogP contribution in [0.5, 0.6) is 0 Å². The zero-order valence-corrected chi connectivity index (χ0v) is 12.9. The van der Waals surface area contributed by atoms with Gasteiger partial charge in [-0.3, -0.25) is 4.79 Å². The molecule has 1 atom stereocenters. The topological polar surface area (TPSA) is 74.0 Å². The summed E-state index contributed by atoms with van der Waals surface area (Å²) in [5, 5.41) is 1.04. The number of morpholine rings is 1. The predicted molar refractivity (Wildman–Crippen MR) is 86.2 cm³/mol. The second-order valence-corrected chi connectivity index (χ2v) is 5.81. The van der Waals surface area contributed by atoms with Gasteiger partial charge in [0.05, 0.1) is 13.2 Å². The first-order valence-corrected chi connectivity index (χ1v) is 7.70. The first kappa shape index (κ1) is 14.0. The van der Waals surface area contributed by atoms with Gasteiger partial charge in [0.25, 0.3) is 5.91 Å². The Morgan fingerprint density at radius 1 is 1.35 bits per heavy atom. The maximum atomic E-state index is 13.0. The molecular formula is C17H18N4O2. The van der Waals surface area contributed by atoms with Crippen LogP contribution in [0.15, 0.2) is 36.5 Å². The van der Waals surface area contributed by atoms with E-state index in [0.717, 1.165) is 22.4 Å². The lowest BCUT2D eigenvalue weighted by molar-refractivity contribution is -0.00526. The first-order valence-electron chi connectivity index (χ1n) is 7.70. The molecule has 2 N–H and O–H groups in total. The van der Waals surface area contributed by atoms with Crippen molar-refractivity contribution >= 4 is 16.8 Å². The number of H-pyrrole nitrogens is 2. The molecule has 1 unspecified atom stereocenters. The number of fused-ring (bicyclic) bond motifs is 1. The third kappa shape index (κ3) is 2.51. The van der Waals surface area contributed by atoms with E-state index < -0.39 is 0 Å². The number of carbonyl (C=O) groups excluding carboxylic acids is 1. The van der Waals surface area contributed by atoms with Gasteiger partial charge < -0.3 is 19.6 Å². The highest BCUT2D eigenvalue weighted by Crippen LogP contribution is 2.25. The van der Waals surface area contributed by atoms with Gasteiger partial charge in [-0.1, -0.05) is 18.2 Å². The molecule has 1 saturated heterocycles. The molecule has 0 radical (unpaired) electrons. The third-order valence-electron chi connectivity index (χ3n) is 4.19. The number of benzene rings is 1. The number of carbonyl (C=O) groups is 1. The van der Waals surface area contributed by atoms with Gasteiger partial charge >= 0.3 is 0 Å². The highest BCUT2D eigenvalue weighted by atomic mass is 16.5. The molecule has 6 nitrogen and oxygen atoms in total. The summed E-state index contributed by atoms with van der Waals surface area (Å²) < 4.78 is 5.56. The molecular weight excluding hydrogens is 292 g/mol. The van der Waals surface area contributed by atoms with E-state index in [1.165, 1.54) is 0 Å². The SMILES string of the molecule is Cc1cnc(C2COCCN2C(=O)c2cc3ccccc3[nH]2)[nH]1. The summed E-state index contributed by atoms with van der Waals surface area (Å²) in [5.41, 5.74) is 2.54. The van der Waals surface area contributed by atoms with Crippen LogP contribution in [0.2, 0.25) is 0 Å². The average Bonchev–Trinajstić information content (AvgIpc) is 3.20. The van der Waals surface area contributed by atoms with Crippen LogP contribution >= 0.6 is 0 Å². The Morgan fingerprint density at radius 3 is 3.00 bits per heavy atom. The quantitative estimate of drug-likeness (QED) is 0.763. The Morgan fingerprint density at radius 2 is 2.22 bits per heavy atom. The van der Waals surface area contributed by atoms with Gasteiger partial charge in [-0.05, 0) is 19.1 Å². The number of imidazole rings is 1. The molecule has 0 aliphatic carbocycles. The van der Waals surface area contributed by atoms with Crippen LogP contribution < -0.4 is 0 Å². The lowest BCUT2D eigenvalue weighted by Gasteiger charge is -2.34. The van der Waals surface area contributed by atoms with Gasteiger partial charge in [0.2, 0.25) is 0 Å². The van der Waals surface area contributed by atoms with Crippen LogP contribution in [-0.2, 0) is 4.74 Å². The van der Waals surface area contributed by atoms with Crippen molar-refractivity contribution < 1.29 is 9.53 Å². The van der Waals surface area contributed by atoms with Gasteiger partial charge in [0.15, 0.2) is 0 Å². The van der Waals surface area contributed by atoms with E-state index >= 15 is 0 Å². The maximum absolute atomic E-state index is 13.0. The summed E-state index contributed by atoms with van der Waals surface area (Å²) in [7, 11) is 0. The van der Waals surface area contributed by atoms with Crippen LogP contribution in [0.3, 0.4) is 0 Å². The smallest absolute Gasteiger partial charge is 0.271 e. The standard InChI is InChI=1S/C17H18N4O2/c1-11-9-18-16(19-11)15-10-23-7-6-21(15)17(22)14-8-12-4-2-3-5-13(12)20-14/h2-5,8-9,15,20H,6-7,10H2,1H3,(H,18,19). The molecule has 1 aliphatic rings. The van der Waals surface area contributed by atoms with Crippen molar-refractivity contribution in [2.24, 2.45) is 0 Å². The molecule has 0 spiro atoms. The minimum Gasteiger partial charge on any atom is -0.377 e. The highest BCUT2D eigenvalue weighted by Gasteiger charge is 2.31. The number of nitrogens with zero attached hydrogens (tertiary/aromatic N) is 2. The van der Waals surface area contributed by atoms with Gasteiger partial charge in [0.1, 0.15) is 17.6 Å². The number of aromatic nitrogens is 3. The number of para-hydroxylation sites is 1. The fourth-order valence-electron chi connectivity index (χ4n) is 3.02. The van der Waals surface area contributed by atoms with E-state index in [1.54, 1.807) is 6.20 Å². The Labute approximate surface area is 133 Å². The van der Waals surface area contributed by atoms with Gasteiger partial charge in [-0.25, -0.2) is 4.98 Å². The second kappa shape index (κ2) is 5.55. The minimum absolute atomic E-state index is 0.0245. The fraction of sp³-hybridized carbons (Fsp3) is 0.294. The molecule has 1 fully saturated rings. The van der Waals surface area contributed by atoms with Crippen molar-refractivity contribution in [3.8, 4) is 0 Å². The molecule has 3 aromatic rings. The molecule has 2 aromatic heterocycles. The summed E-state index contributed by atoms with van der Waals surface area (Å²) >= 11 is 0. The zero-order chi connectivity index (χ0) is 15.8. The molecule has 1 aromatic carbocycles. The number of hydrogen-bond acceptors (Lipinski definition) is 3. The molecule has 118 valence electrons. The zero-order valence-electron chi connectivity index (χ0n) is 12.9. The Hall–Kier alpha value is -2.60. The molecule has 3 heterocycles. The Bertz CT molecular complexity index is 818. The van der Waals surface area contributed by atoms with Crippen molar-refractivity contribution in [2.75, 3.05) is 19.8 Å². The second-order valence-electron chi connectivity index (χ2n) is 5.81. The summed E-state index contributed by atoms with van der Waals surface area (Å²) in [5.74, 6) is 0.746. The normalized spacial score (nSPS) is 18.5. The van der Waals surface area contributed by atoms with Crippen molar-refractivity contribution in [3.63, 3.8) is 0 Å². The summed E-state index contributed by atoms with van der Waals surface area (Å²) in [6.07, 6.45) is 1.77. The molecule has 1 aliphatic heterocycles. The molecule has 1 amide bonds. The number of ether oxygens (including phenoxy) is 1. The number of hydrogen-bond donors (Lipinski definition) is 2. The van der Waals surface area contributed by atoms with E-state index in [9.17, 15) is 4.79 Å². The molecule has 4 rings (SSSR count). The average molecular weight is 310 g/mol. The van der Waals surface area contributed by atoms with Crippen LogP contribution in [0, 0.1) is 6.92 Å². The Kier molecular flexibility index (Phi) is 3.38. The number of aryl methyl sites for hydroxylation is 1. The fourth-order valence-corrected chi connectivity index (χ4v) is 3.02. The minimum atomic E-state index is -0.184. The summed E-state index contributed by atoms with van der Waals surface area (Å²) in [6, 6.07) is 9.60. The van der Waals surface area contributed by atoms with Crippen molar-refractivity contribution in [1.29, 1.82) is 0 Å². The number of rotatable bonds is 2. The maximum Gasteiger partial charge on any atom is 0.271 e.